The maximum Gasteiger partial charge on any atom is 0.320 e. The molecule has 2 aromatic rings. The van der Waals surface area contributed by atoms with Gasteiger partial charge in [-0.05, 0) is 25.0 Å². The SMILES string of the molecule is CC1Cc2ccccc2N1C(=O)c1nn(C)cc1[N+](=O)[O-]. The molecule has 7 heteroatoms. The van der Waals surface area contributed by atoms with Crippen LogP contribution in [0.3, 0.4) is 0 Å². The maximum atomic E-state index is 12.7. The van der Waals surface area contributed by atoms with E-state index in [0.29, 0.717) is 0 Å². The van der Waals surface area contributed by atoms with Crippen molar-refractivity contribution in [3.05, 3.63) is 51.8 Å². The number of rotatable bonds is 2. The molecule has 0 saturated heterocycles. The van der Waals surface area contributed by atoms with E-state index in [1.807, 2.05) is 31.2 Å². The summed E-state index contributed by atoms with van der Waals surface area (Å²) in [5.41, 5.74) is 1.48. The highest BCUT2D eigenvalue weighted by Crippen LogP contribution is 2.34. The molecule has 0 N–H and O–H groups in total. The molecule has 0 bridgehead atoms. The number of aryl methyl sites for hydroxylation is 1. The topological polar surface area (TPSA) is 81.3 Å². The van der Waals surface area contributed by atoms with Crippen LogP contribution < -0.4 is 4.90 Å². The lowest BCUT2D eigenvalue weighted by Crippen LogP contribution is -2.36. The van der Waals surface area contributed by atoms with Crippen LogP contribution in [-0.4, -0.2) is 26.7 Å². The van der Waals surface area contributed by atoms with Crippen LogP contribution in [0.15, 0.2) is 30.5 Å². The van der Waals surface area contributed by atoms with Gasteiger partial charge in [-0.3, -0.25) is 19.6 Å². The van der Waals surface area contributed by atoms with E-state index in [2.05, 4.69) is 5.10 Å². The van der Waals surface area contributed by atoms with Gasteiger partial charge >= 0.3 is 5.69 Å². The molecule has 0 radical (unpaired) electrons. The molecular formula is C14H14N4O3. The van der Waals surface area contributed by atoms with Crippen molar-refractivity contribution in [1.82, 2.24) is 9.78 Å². The highest BCUT2D eigenvalue weighted by atomic mass is 16.6. The lowest BCUT2D eigenvalue weighted by molar-refractivity contribution is -0.385. The number of nitro groups is 1. The second kappa shape index (κ2) is 4.69. The fraction of sp³-hybridized carbons (Fsp3) is 0.286. The molecule has 3 rings (SSSR count). The molecule has 1 unspecified atom stereocenters. The molecule has 1 aromatic carbocycles. The Kier molecular flexibility index (Phi) is 2.97. The van der Waals surface area contributed by atoms with Crippen LogP contribution in [0.1, 0.15) is 23.0 Å². The summed E-state index contributed by atoms with van der Waals surface area (Å²) in [6.45, 7) is 1.92. The summed E-state index contributed by atoms with van der Waals surface area (Å²) >= 11 is 0. The van der Waals surface area contributed by atoms with Gasteiger partial charge in [0.15, 0.2) is 0 Å². The summed E-state index contributed by atoms with van der Waals surface area (Å²) in [7, 11) is 1.56. The number of hydrogen-bond acceptors (Lipinski definition) is 4. The Labute approximate surface area is 120 Å². The smallest absolute Gasteiger partial charge is 0.303 e. The van der Waals surface area contributed by atoms with E-state index in [-0.39, 0.29) is 17.4 Å². The van der Waals surface area contributed by atoms with Crippen LogP contribution in [0.4, 0.5) is 11.4 Å². The Balaban J connectivity index is 2.05. The molecular weight excluding hydrogens is 272 g/mol. The van der Waals surface area contributed by atoms with Gasteiger partial charge in [0.2, 0.25) is 5.69 Å². The van der Waals surface area contributed by atoms with Crippen molar-refractivity contribution in [3.8, 4) is 0 Å². The third kappa shape index (κ3) is 2.06. The molecule has 108 valence electrons. The van der Waals surface area contributed by atoms with Crippen LogP contribution in [-0.2, 0) is 13.5 Å². The number of hydrogen-bond donors (Lipinski definition) is 0. The van der Waals surface area contributed by atoms with Gasteiger partial charge in [-0.2, -0.15) is 5.10 Å². The molecule has 1 aliphatic heterocycles. The van der Waals surface area contributed by atoms with Crippen molar-refractivity contribution in [3.63, 3.8) is 0 Å². The van der Waals surface area contributed by atoms with Gasteiger partial charge in [0.05, 0.1) is 4.92 Å². The average molecular weight is 286 g/mol. The van der Waals surface area contributed by atoms with Crippen molar-refractivity contribution in [2.45, 2.75) is 19.4 Å². The number of anilines is 1. The number of para-hydroxylation sites is 1. The molecule has 0 fully saturated rings. The van der Waals surface area contributed by atoms with Crippen molar-refractivity contribution in [2.75, 3.05) is 4.90 Å². The summed E-state index contributed by atoms with van der Waals surface area (Å²) in [4.78, 5) is 24.8. The van der Waals surface area contributed by atoms with E-state index >= 15 is 0 Å². The number of carbonyl (C=O) groups is 1. The Morgan fingerprint density at radius 3 is 2.86 bits per heavy atom. The molecule has 1 aromatic heterocycles. The van der Waals surface area contributed by atoms with E-state index in [1.165, 1.54) is 10.9 Å². The number of amides is 1. The minimum Gasteiger partial charge on any atom is -0.303 e. The first-order valence-electron chi connectivity index (χ1n) is 6.58. The van der Waals surface area contributed by atoms with Gasteiger partial charge in [-0.15, -0.1) is 0 Å². The van der Waals surface area contributed by atoms with Crippen molar-refractivity contribution < 1.29 is 9.72 Å². The molecule has 21 heavy (non-hydrogen) atoms. The predicted molar refractivity (Wildman–Crippen MR) is 76.3 cm³/mol. The average Bonchev–Trinajstić information content (AvgIpc) is 2.97. The lowest BCUT2D eigenvalue weighted by Gasteiger charge is -2.21. The van der Waals surface area contributed by atoms with Crippen LogP contribution in [0.5, 0.6) is 0 Å². The zero-order chi connectivity index (χ0) is 15.1. The number of fused-ring (bicyclic) bond motifs is 1. The van der Waals surface area contributed by atoms with Gasteiger partial charge in [-0.25, -0.2) is 0 Å². The number of benzene rings is 1. The highest BCUT2D eigenvalue weighted by molar-refractivity contribution is 6.08. The van der Waals surface area contributed by atoms with E-state index in [9.17, 15) is 14.9 Å². The normalized spacial score (nSPS) is 16.9. The molecule has 1 atom stereocenters. The molecule has 1 amide bonds. The van der Waals surface area contributed by atoms with Gasteiger partial charge < -0.3 is 4.90 Å². The van der Waals surface area contributed by atoms with Gasteiger partial charge in [0.25, 0.3) is 5.91 Å². The second-order valence-corrected chi connectivity index (χ2v) is 5.15. The second-order valence-electron chi connectivity index (χ2n) is 5.15. The quantitative estimate of drug-likeness (QED) is 0.624. The summed E-state index contributed by atoms with van der Waals surface area (Å²) in [5, 5.41) is 15.0. The Hall–Kier alpha value is -2.70. The zero-order valence-electron chi connectivity index (χ0n) is 11.7. The molecule has 2 heterocycles. The summed E-state index contributed by atoms with van der Waals surface area (Å²) in [6.07, 6.45) is 1.99. The van der Waals surface area contributed by atoms with E-state index < -0.39 is 10.8 Å². The molecule has 7 nitrogen and oxygen atoms in total. The number of aromatic nitrogens is 2. The fourth-order valence-electron chi connectivity index (χ4n) is 2.75. The van der Waals surface area contributed by atoms with E-state index in [1.54, 1.807) is 11.9 Å². The van der Waals surface area contributed by atoms with Gasteiger partial charge in [0, 0.05) is 18.8 Å². The number of nitrogens with zero attached hydrogens (tertiary/aromatic N) is 4. The van der Waals surface area contributed by atoms with Crippen molar-refractivity contribution in [2.24, 2.45) is 7.05 Å². The highest BCUT2D eigenvalue weighted by Gasteiger charge is 2.36. The van der Waals surface area contributed by atoms with Gasteiger partial charge in [0.1, 0.15) is 6.20 Å². The Morgan fingerprint density at radius 2 is 2.14 bits per heavy atom. The molecule has 0 spiro atoms. The third-order valence-electron chi connectivity index (χ3n) is 3.63. The van der Waals surface area contributed by atoms with Crippen molar-refractivity contribution >= 4 is 17.3 Å². The Bertz CT molecular complexity index is 738. The molecule has 0 saturated carbocycles. The molecule has 1 aliphatic rings. The number of carbonyl (C=O) groups excluding carboxylic acids is 1. The standard InChI is InChI=1S/C14H14N4O3/c1-9-7-10-5-3-4-6-11(10)17(9)14(19)13-12(18(20)21)8-16(2)15-13/h3-6,8-9H,7H2,1-2H3. The van der Waals surface area contributed by atoms with Crippen LogP contribution in [0, 0.1) is 10.1 Å². The lowest BCUT2D eigenvalue weighted by atomic mass is 10.1. The maximum absolute atomic E-state index is 12.7. The first kappa shape index (κ1) is 13.3. The van der Waals surface area contributed by atoms with Crippen molar-refractivity contribution in [1.29, 1.82) is 0 Å². The monoisotopic (exact) mass is 286 g/mol. The third-order valence-corrected chi connectivity index (χ3v) is 3.63. The van der Waals surface area contributed by atoms with Gasteiger partial charge in [-0.1, -0.05) is 18.2 Å². The first-order chi connectivity index (χ1) is 9.99. The first-order valence-corrected chi connectivity index (χ1v) is 6.58. The van der Waals surface area contributed by atoms with Crippen LogP contribution in [0.2, 0.25) is 0 Å². The fourth-order valence-corrected chi connectivity index (χ4v) is 2.75. The summed E-state index contributed by atoms with van der Waals surface area (Å²) in [6, 6.07) is 7.54. The molecule has 0 aliphatic carbocycles. The summed E-state index contributed by atoms with van der Waals surface area (Å²) in [5.74, 6) is -0.431. The minimum absolute atomic E-state index is 0.0449. The predicted octanol–water partition coefficient (Wildman–Crippen LogP) is 1.92. The van der Waals surface area contributed by atoms with Crippen LogP contribution >= 0.6 is 0 Å². The van der Waals surface area contributed by atoms with E-state index in [0.717, 1.165) is 17.7 Å². The largest absolute Gasteiger partial charge is 0.320 e. The zero-order valence-corrected chi connectivity index (χ0v) is 11.7. The van der Waals surface area contributed by atoms with E-state index in [4.69, 9.17) is 0 Å². The summed E-state index contributed by atoms with van der Waals surface area (Å²) < 4.78 is 1.29. The van der Waals surface area contributed by atoms with Crippen LogP contribution in [0.25, 0.3) is 0 Å². The minimum atomic E-state index is -0.577. The Morgan fingerprint density at radius 1 is 1.43 bits per heavy atom.